The Balaban J connectivity index is 1.22. The van der Waals surface area contributed by atoms with Gasteiger partial charge in [-0.05, 0) is 53.6 Å². The number of rotatable bonds is 8. The average molecular weight is 487 g/mol. The van der Waals surface area contributed by atoms with Crippen LogP contribution in [0.4, 0.5) is 0 Å². The van der Waals surface area contributed by atoms with E-state index >= 15 is 0 Å². The summed E-state index contributed by atoms with van der Waals surface area (Å²) in [7, 11) is 0. The molecule has 0 amide bonds. The van der Waals surface area contributed by atoms with Crippen molar-refractivity contribution < 1.29 is 9.47 Å². The molecule has 0 fully saturated rings. The Kier molecular flexibility index (Phi) is 6.80. The summed E-state index contributed by atoms with van der Waals surface area (Å²) in [5.74, 6) is 1.48. The SMILES string of the molecule is c1ccc(C[C@H]2COC(c3ccccc3Cc3ccccc3C3=N[C@@H](Cc4ccccc4)CO3)=N2)cc1. The molecule has 2 heterocycles. The molecular weight excluding hydrogens is 456 g/mol. The maximum absolute atomic E-state index is 6.10. The molecule has 2 atom stereocenters. The second-order valence-corrected chi connectivity index (χ2v) is 9.67. The van der Waals surface area contributed by atoms with Crippen LogP contribution < -0.4 is 0 Å². The van der Waals surface area contributed by atoms with Gasteiger partial charge in [0.05, 0.1) is 12.1 Å². The first kappa shape index (κ1) is 23.2. The Morgan fingerprint density at radius 2 is 0.919 bits per heavy atom. The molecule has 4 aromatic carbocycles. The van der Waals surface area contributed by atoms with Crippen molar-refractivity contribution >= 4 is 11.8 Å². The Morgan fingerprint density at radius 1 is 0.514 bits per heavy atom. The van der Waals surface area contributed by atoms with Gasteiger partial charge in [0.25, 0.3) is 0 Å². The highest BCUT2D eigenvalue weighted by Gasteiger charge is 2.25. The number of aliphatic imine (C=N–C) groups is 2. The largest absolute Gasteiger partial charge is 0.475 e. The Hall–Kier alpha value is -4.18. The molecule has 6 rings (SSSR count). The van der Waals surface area contributed by atoms with Gasteiger partial charge >= 0.3 is 0 Å². The molecule has 0 radical (unpaired) electrons. The van der Waals surface area contributed by atoms with Gasteiger partial charge in [-0.1, -0.05) is 97.1 Å². The van der Waals surface area contributed by atoms with Crippen LogP contribution in [0.1, 0.15) is 33.4 Å². The van der Waals surface area contributed by atoms with E-state index in [0.717, 1.165) is 42.2 Å². The van der Waals surface area contributed by atoms with E-state index < -0.39 is 0 Å². The molecule has 0 N–H and O–H groups in total. The topological polar surface area (TPSA) is 43.2 Å². The van der Waals surface area contributed by atoms with Gasteiger partial charge < -0.3 is 9.47 Å². The second-order valence-electron chi connectivity index (χ2n) is 9.67. The molecule has 37 heavy (non-hydrogen) atoms. The van der Waals surface area contributed by atoms with Crippen molar-refractivity contribution in [1.29, 1.82) is 0 Å². The van der Waals surface area contributed by atoms with Crippen LogP contribution in [0, 0.1) is 0 Å². The molecule has 184 valence electrons. The van der Waals surface area contributed by atoms with Gasteiger partial charge in [0.2, 0.25) is 11.8 Å². The number of benzene rings is 4. The smallest absolute Gasteiger partial charge is 0.216 e. The molecule has 0 bridgehead atoms. The first-order valence-electron chi connectivity index (χ1n) is 13.0. The van der Waals surface area contributed by atoms with E-state index in [4.69, 9.17) is 19.5 Å². The number of hydrogen-bond acceptors (Lipinski definition) is 4. The minimum atomic E-state index is 0.139. The third-order valence-corrected chi connectivity index (χ3v) is 6.93. The minimum absolute atomic E-state index is 0.139. The van der Waals surface area contributed by atoms with Gasteiger partial charge in [0, 0.05) is 11.1 Å². The Labute approximate surface area is 218 Å². The maximum atomic E-state index is 6.10. The zero-order valence-electron chi connectivity index (χ0n) is 20.8. The van der Waals surface area contributed by atoms with E-state index in [1.807, 2.05) is 12.1 Å². The molecule has 2 aliphatic heterocycles. The Morgan fingerprint density at radius 3 is 1.38 bits per heavy atom. The first-order valence-corrected chi connectivity index (χ1v) is 13.0. The summed E-state index contributed by atoms with van der Waals surface area (Å²) in [6, 6.07) is 38.1. The van der Waals surface area contributed by atoms with E-state index in [1.54, 1.807) is 0 Å². The van der Waals surface area contributed by atoms with Gasteiger partial charge in [-0.15, -0.1) is 0 Å². The van der Waals surface area contributed by atoms with E-state index in [1.165, 1.54) is 22.3 Å². The maximum Gasteiger partial charge on any atom is 0.216 e. The molecule has 2 aliphatic rings. The summed E-state index contributed by atoms with van der Waals surface area (Å²) >= 11 is 0. The molecule has 0 saturated heterocycles. The third kappa shape index (κ3) is 5.49. The normalized spacial score (nSPS) is 18.6. The fourth-order valence-electron chi connectivity index (χ4n) is 5.08. The van der Waals surface area contributed by atoms with E-state index in [2.05, 4.69) is 97.1 Å². The van der Waals surface area contributed by atoms with E-state index in [-0.39, 0.29) is 12.1 Å². The highest BCUT2D eigenvalue weighted by molar-refractivity contribution is 5.98. The van der Waals surface area contributed by atoms with Gasteiger partial charge in [-0.25, -0.2) is 9.98 Å². The van der Waals surface area contributed by atoms with Gasteiger partial charge in [-0.3, -0.25) is 0 Å². The fourth-order valence-corrected chi connectivity index (χ4v) is 5.08. The van der Waals surface area contributed by atoms with Crippen molar-refractivity contribution in [3.8, 4) is 0 Å². The van der Waals surface area contributed by atoms with Crippen molar-refractivity contribution in [1.82, 2.24) is 0 Å². The first-order chi connectivity index (χ1) is 18.3. The monoisotopic (exact) mass is 486 g/mol. The molecule has 0 aromatic heterocycles. The highest BCUT2D eigenvalue weighted by atomic mass is 16.5. The van der Waals surface area contributed by atoms with Crippen molar-refractivity contribution in [2.75, 3.05) is 13.2 Å². The molecule has 0 saturated carbocycles. The molecule has 0 aliphatic carbocycles. The molecule has 0 spiro atoms. The van der Waals surface area contributed by atoms with Crippen LogP contribution >= 0.6 is 0 Å². The van der Waals surface area contributed by atoms with Crippen LogP contribution in [0.15, 0.2) is 119 Å². The van der Waals surface area contributed by atoms with Crippen molar-refractivity contribution in [2.24, 2.45) is 9.98 Å². The summed E-state index contributed by atoms with van der Waals surface area (Å²) in [4.78, 5) is 9.90. The lowest BCUT2D eigenvalue weighted by atomic mass is 9.96. The third-order valence-electron chi connectivity index (χ3n) is 6.93. The molecule has 4 nitrogen and oxygen atoms in total. The lowest BCUT2D eigenvalue weighted by Crippen LogP contribution is -2.10. The van der Waals surface area contributed by atoms with E-state index in [0.29, 0.717) is 13.2 Å². The summed E-state index contributed by atoms with van der Waals surface area (Å²) in [5.41, 5.74) is 7.06. The summed E-state index contributed by atoms with van der Waals surface area (Å²) in [6.45, 7) is 1.23. The zero-order valence-corrected chi connectivity index (χ0v) is 20.8. The van der Waals surface area contributed by atoms with E-state index in [9.17, 15) is 0 Å². The Bertz CT molecular complexity index is 1300. The van der Waals surface area contributed by atoms with Crippen molar-refractivity contribution in [3.63, 3.8) is 0 Å². The van der Waals surface area contributed by atoms with Gasteiger partial charge in [0.15, 0.2) is 0 Å². The van der Waals surface area contributed by atoms with Crippen LogP contribution in [0.2, 0.25) is 0 Å². The standard InChI is InChI=1S/C33H30N2O2/c1-3-11-24(12-4-1)19-28-22-36-32(34-28)30-17-9-7-15-26(30)21-27-16-8-10-18-31(27)33-35-29(23-37-33)20-25-13-5-2-6-14-25/h1-18,28-29H,19-23H2/t28-,29-/m0/s1. The lowest BCUT2D eigenvalue weighted by molar-refractivity contribution is 0.316. The quantitative estimate of drug-likeness (QED) is 0.304. The highest BCUT2D eigenvalue weighted by Crippen LogP contribution is 2.24. The van der Waals surface area contributed by atoms with Crippen LogP contribution in [-0.2, 0) is 28.7 Å². The van der Waals surface area contributed by atoms with Crippen LogP contribution in [0.25, 0.3) is 0 Å². The number of ether oxygens (including phenoxy) is 2. The van der Waals surface area contributed by atoms with Gasteiger partial charge in [0.1, 0.15) is 13.2 Å². The van der Waals surface area contributed by atoms with Crippen molar-refractivity contribution in [3.05, 3.63) is 143 Å². The van der Waals surface area contributed by atoms with Crippen LogP contribution in [0.3, 0.4) is 0 Å². The van der Waals surface area contributed by atoms with Crippen molar-refractivity contribution in [2.45, 2.75) is 31.3 Å². The molecule has 4 heteroatoms. The second kappa shape index (κ2) is 10.8. The lowest BCUT2D eigenvalue weighted by Gasteiger charge is -2.12. The predicted molar refractivity (Wildman–Crippen MR) is 149 cm³/mol. The fraction of sp³-hybridized carbons (Fsp3) is 0.212. The molecular formula is C33H30N2O2. The van der Waals surface area contributed by atoms with Gasteiger partial charge in [-0.2, -0.15) is 0 Å². The molecule has 0 unspecified atom stereocenters. The summed E-state index contributed by atoms with van der Waals surface area (Å²) < 4.78 is 12.2. The summed E-state index contributed by atoms with van der Waals surface area (Å²) in [6.07, 6.45) is 2.52. The average Bonchev–Trinajstić information content (AvgIpc) is 3.60. The zero-order chi connectivity index (χ0) is 24.9. The number of hydrogen-bond donors (Lipinski definition) is 0. The predicted octanol–water partition coefficient (Wildman–Crippen LogP) is 6.05. The number of nitrogens with zero attached hydrogens (tertiary/aromatic N) is 2. The molecule has 4 aromatic rings. The van der Waals surface area contributed by atoms with Crippen LogP contribution in [0.5, 0.6) is 0 Å². The minimum Gasteiger partial charge on any atom is -0.475 e. The van der Waals surface area contributed by atoms with Crippen LogP contribution in [-0.4, -0.2) is 37.1 Å². The summed E-state index contributed by atoms with van der Waals surface area (Å²) in [5, 5.41) is 0.